The van der Waals surface area contributed by atoms with E-state index >= 15 is 0 Å². The average molecular weight is 643 g/mol. The molecule has 0 bridgehead atoms. The van der Waals surface area contributed by atoms with E-state index in [0.717, 1.165) is 34.6 Å². The van der Waals surface area contributed by atoms with Crippen molar-refractivity contribution >= 4 is 48.9 Å². The summed E-state index contributed by atoms with van der Waals surface area (Å²) in [7, 11) is 0. The smallest absolute Gasteiger partial charge is 0.0702 e. The van der Waals surface area contributed by atoms with E-state index in [4.69, 9.17) is 0 Å². The van der Waals surface area contributed by atoms with Crippen LogP contribution in [0.1, 0.15) is 43.4 Å². The molecule has 0 atom stereocenters. The van der Waals surface area contributed by atoms with Gasteiger partial charge in [0, 0.05) is 23.2 Å². The summed E-state index contributed by atoms with van der Waals surface area (Å²) >= 11 is 0. The third-order valence-corrected chi connectivity index (χ3v) is 10.7. The molecule has 0 saturated carbocycles. The lowest BCUT2D eigenvalue weighted by molar-refractivity contribution is 0.912. The van der Waals surface area contributed by atoms with E-state index in [0.29, 0.717) is 0 Å². The number of nitrogens with zero attached hydrogens (tertiary/aromatic N) is 2. The van der Waals surface area contributed by atoms with Crippen LogP contribution in [0.4, 0.5) is 0 Å². The number of allylic oxidation sites excluding steroid dienone is 4. The fraction of sp³-hybridized carbons (Fsp3) is 0.125. The molecule has 0 aliphatic heterocycles. The van der Waals surface area contributed by atoms with Crippen LogP contribution in [-0.2, 0) is 0 Å². The minimum Gasteiger partial charge on any atom is -0.256 e. The number of hydrogen-bond acceptors (Lipinski definition) is 2. The van der Waals surface area contributed by atoms with Crippen LogP contribution >= 0.6 is 0 Å². The van der Waals surface area contributed by atoms with Crippen molar-refractivity contribution in [1.29, 1.82) is 0 Å². The summed E-state index contributed by atoms with van der Waals surface area (Å²) in [5, 5.41) is 7.46. The SMILES string of the molecule is CC1=CC(c2c3cc(-c4ccc5ncccc5c4)ccc3c(-c3cc(C)ccc3C)c3cc(-c4ccc5ncccc5c4)ccc23)=C(C)CC1. The zero-order valence-electron chi connectivity index (χ0n) is 29.0. The molecule has 0 unspecified atom stereocenters. The molecule has 9 rings (SSSR count). The highest BCUT2D eigenvalue weighted by Crippen LogP contribution is 2.47. The minimum atomic E-state index is 1.02. The van der Waals surface area contributed by atoms with Crippen molar-refractivity contribution in [1.82, 2.24) is 9.97 Å². The molecule has 1 aliphatic carbocycles. The second-order valence-electron chi connectivity index (χ2n) is 14.1. The Morgan fingerprint density at radius 2 is 1.04 bits per heavy atom. The van der Waals surface area contributed by atoms with Crippen molar-refractivity contribution in [3.05, 3.63) is 162 Å². The van der Waals surface area contributed by atoms with Gasteiger partial charge in [0.2, 0.25) is 0 Å². The van der Waals surface area contributed by atoms with Gasteiger partial charge in [0.15, 0.2) is 0 Å². The van der Waals surface area contributed by atoms with Crippen molar-refractivity contribution in [2.75, 3.05) is 0 Å². The summed E-state index contributed by atoms with van der Waals surface area (Å²) < 4.78 is 0. The zero-order chi connectivity index (χ0) is 33.9. The Kier molecular flexibility index (Phi) is 7.21. The molecule has 0 radical (unpaired) electrons. The van der Waals surface area contributed by atoms with Crippen LogP contribution in [0.15, 0.2) is 145 Å². The van der Waals surface area contributed by atoms with Gasteiger partial charge < -0.3 is 0 Å². The molecule has 2 heterocycles. The number of rotatable bonds is 4. The monoisotopic (exact) mass is 642 g/mol. The first-order valence-electron chi connectivity index (χ1n) is 17.6. The fourth-order valence-electron chi connectivity index (χ4n) is 7.93. The standard InChI is InChI=1S/C48H38N2/c1-29-9-11-31(3)41(23-29)47-39-17-13-36(34-16-20-46-38(26-34)8-6-22-50-46)28-44(39)48(42-24-30(2)10-12-32(42)4)40-18-14-35(27-43(40)47)33-15-19-45-37(25-33)7-5-21-49-45/h5-9,11,13-28H,10,12H2,1-4H3. The maximum atomic E-state index is 4.58. The van der Waals surface area contributed by atoms with Crippen molar-refractivity contribution in [2.45, 2.75) is 40.5 Å². The summed E-state index contributed by atoms with van der Waals surface area (Å²) in [6, 6.07) is 42.7. The molecular formula is C48H38N2. The first kappa shape index (κ1) is 30.2. The van der Waals surface area contributed by atoms with Gasteiger partial charge in [-0.15, -0.1) is 0 Å². The van der Waals surface area contributed by atoms with Gasteiger partial charge >= 0.3 is 0 Å². The maximum absolute atomic E-state index is 4.58. The van der Waals surface area contributed by atoms with Crippen LogP contribution in [0, 0.1) is 13.8 Å². The van der Waals surface area contributed by atoms with Gasteiger partial charge in [-0.3, -0.25) is 9.97 Å². The molecule has 8 aromatic rings. The van der Waals surface area contributed by atoms with Gasteiger partial charge in [0.25, 0.3) is 0 Å². The number of hydrogen-bond donors (Lipinski definition) is 0. The number of aromatic nitrogens is 2. The highest BCUT2D eigenvalue weighted by atomic mass is 14.6. The summed E-state index contributed by atoms with van der Waals surface area (Å²) in [6.45, 7) is 9.05. The van der Waals surface area contributed by atoms with Gasteiger partial charge in [-0.1, -0.05) is 89.5 Å². The molecule has 6 aromatic carbocycles. The third kappa shape index (κ3) is 5.11. The summed E-state index contributed by atoms with van der Waals surface area (Å²) in [6.07, 6.45) is 8.37. The Hall–Kier alpha value is -5.86. The molecule has 1 aliphatic rings. The lowest BCUT2D eigenvalue weighted by Gasteiger charge is -2.24. The van der Waals surface area contributed by atoms with E-state index in [1.54, 1.807) is 0 Å². The quantitative estimate of drug-likeness (QED) is 0.179. The lowest BCUT2D eigenvalue weighted by atomic mass is 9.80. The predicted molar refractivity (Wildman–Crippen MR) is 213 cm³/mol. The molecule has 0 saturated heterocycles. The Labute approximate surface area is 293 Å². The lowest BCUT2D eigenvalue weighted by Crippen LogP contribution is -2.00. The predicted octanol–water partition coefficient (Wildman–Crippen LogP) is 13.2. The Balaban J connectivity index is 1.40. The fourth-order valence-corrected chi connectivity index (χ4v) is 7.93. The van der Waals surface area contributed by atoms with Crippen LogP contribution in [0.5, 0.6) is 0 Å². The minimum absolute atomic E-state index is 1.02. The molecule has 240 valence electrons. The van der Waals surface area contributed by atoms with Crippen molar-refractivity contribution in [2.24, 2.45) is 0 Å². The first-order chi connectivity index (χ1) is 24.4. The summed E-state index contributed by atoms with van der Waals surface area (Å²) in [5.74, 6) is 0. The van der Waals surface area contributed by atoms with Gasteiger partial charge in [-0.25, -0.2) is 0 Å². The highest BCUT2D eigenvalue weighted by molar-refractivity contribution is 6.21. The molecule has 2 nitrogen and oxygen atoms in total. The topological polar surface area (TPSA) is 25.8 Å². The van der Waals surface area contributed by atoms with Gasteiger partial charge in [-0.2, -0.15) is 0 Å². The zero-order valence-corrected chi connectivity index (χ0v) is 29.0. The van der Waals surface area contributed by atoms with E-state index in [-0.39, 0.29) is 0 Å². The largest absolute Gasteiger partial charge is 0.256 e. The first-order valence-corrected chi connectivity index (χ1v) is 17.6. The van der Waals surface area contributed by atoms with E-state index in [1.165, 1.54) is 88.3 Å². The normalized spacial score (nSPS) is 13.5. The third-order valence-electron chi connectivity index (χ3n) is 10.7. The van der Waals surface area contributed by atoms with Crippen molar-refractivity contribution in [3.63, 3.8) is 0 Å². The van der Waals surface area contributed by atoms with Gasteiger partial charge in [0.05, 0.1) is 11.0 Å². The highest BCUT2D eigenvalue weighted by Gasteiger charge is 2.22. The Morgan fingerprint density at radius 1 is 0.480 bits per heavy atom. The average Bonchev–Trinajstić information content (AvgIpc) is 3.15. The molecule has 0 fully saturated rings. The van der Waals surface area contributed by atoms with E-state index in [1.807, 2.05) is 24.5 Å². The number of benzene rings is 6. The second-order valence-corrected chi connectivity index (χ2v) is 14.1. The van der Waals surface area contributed by atoms with Crippen LogP contribution in [0.2, 0.25) is 0 Å². The molecule has 0 spiro atoms. The maximum Gasteiger partial charge on any atom is 0.0702 e. The molecule has 2 aromatic heterocycles. The van der Waals surface area contributed by atoms with Crippen LogP contribution < -0.4 is 0 Å². The number of aryl methyl sites for hydroxylation is 2. The van der Waals surface area contributed by atoms with Crippen LogP contribution in [0.25, 0.3) is 82.3 Å². The summed E-state index contributed by atoms with van der Waals surface area (Å²) in [5.41, 5.74) is 17.6. The van der Waals surface area contributed by atoms with Crippen molar-refractivity contribution in [3.8, 4) is 33.4 Å². The van der Waals surface area contributed by atoms with E-state index in [9.17, 15) is 0 Å². The molecular weight excluding hydrogens is 605 g/mol. The van der Waals surface area contributed by atoms with E-state index in [2.05, 4.69) is 147 Å². The summed E-state index contributed by atoms with van der Waals surface area (Å²) in [4.78, 5) is 9.16. The molecule has 0 N–H and O–H groups in total. The molecule has 0 amide bonds. The Morgan fingerprint density at radius 3 is 1.68 bits per heavy atom. The Bertz CT molecular complexity index is 2740. The van der Waals surface area contributed by atoms with Crippen LogP contribution in [-0.4, -0.2) is 9.97 Å². The molecule has 2 heteroatoms. The number of fused-ring (bicyclic) bond motifs is 4. The van der Waals surface area contributed by atoms with Gasteiger partial charge in [0.1, 0.15) is 0 Å². The van der Waals surface area contributed by atoms with Crippen LogP contribution in [0.3, 0.4) is 0 Å². The second kappa shape index (κ2) is 11.9. The van der Waals surface area contributed by atoms with Gasteiger partial charge in [-0.05, 0) is 161 Å². The number of pyridine rings is 2. The van der Waals surface area contributed by atoms with Crippen molar-refractivity contribution < 1.29 is 0 Å². The molecule has 50 heavy (non-hydrogen) atoms. The van der Waals surface area contributed by atoms with E-state index < -0.39 is 0 Å².